The fourth-order valence-corrected chi connectivity index (χ4v) is 1.76. The Balaban J connectivity index is 2.16. The van der Waals surface area contributed by atoms with Crippen molar-refractivity contribution in [2.24, 2.45) is 0 Å². The molecule has 0 spiro atoms. The quantitative estimate of drug-likeness (QED) is 0.850. The van der Waals surface area contributed by atoms with Crippen LogP contribution in [0, 0.1) is 18.3 Å². The summed E-state index contributed by atoms with van der Waals surface area (Å²) in [6.45, 7) is 2.26. The van der Waals surface area contributed by atoms with Gasteiger partial charge >= 0.3 is 0 Å². The van der Waals surface area contributed by atoms with Gasteiger partial charge in [-0.3, -0.25) is 0 Å². The van der Waals surface area contributed by atoms with Crippen molar-refractivity contribution in [1.29, 1.82) is 5.26 Å². The lowest BCUT2D eigenvalue weighted by molar-refractivity contribution is 0.387. The first kappa shape index (κ1) is 12.4. The van der Waals surface area contributed by atoms with Crippen LogP contribution in [0.5, 0.6) is 0 Å². The highest BCUT2D eigenvalue weighted by Crippen LogP contribution is 2.23. The van der Waals surface area contributed by atoms with Crippen LogP contribution in [-0.4, -0.2) is 17.2 Å². The molecule has 0 N–H and O–H groups in total. The average Bonchev–Trinajstić information content (AvgIpc) is 2.74. The molecule has 0 amide bonds. The fourth-order valence-electron chi connectivity index (χ4n) is 1.54. The molecule has 0 saturated heterocycles. The van der Waals surface area contributed by atoms with Crippen molar-refractivity contribution < 1.29 is 4.52 Å². The first-order valence-corrected chi connectivity index (χ1v) is 5.68. The SMILES string of the molecule is Cc1nc(CN(C)c2ccc(C#N)c(Cl)c2)no1. The van der Waals surface area contributed by atoms with E-state index in [1.807, 2.05) is 24.1 Å². The third-order valence-electron chi connectivity index (χ3n) is 2.46. The molecule has 0 saturated carbocycles. The molecule has 0 bridgehead atoms. The van der Waals surface area contributed by atoms with Crippen molar-refractivity contribution in [3.05, 3.63) is 40.5 Å². The Morgan fingerprint density at radius 1 is 1.50 bits per heavy atom. The Morgan fingerprint density at radius 2 is 2.28 bits per heavy atom. The molecule has 1 aromatic carbocycles. The first-order chi connectivity index (χ1) is 8.60. The molecule has 0 aliphatic heterocycles. The fraction of sp³-hybridized carbons (Fsp3) is 0.250. The Kier molecular flexibility index (Phi) is 3.49. The lowest BCUT2D eigenvalue weighted by Gasteiger charge is -2.17. The van der Waals surface area contributed by atoms with Crippen LogP contribution in [0.2, 0.25) is 5.02 Å². The molecular formula is C12H11ClN4O. The van der Waals surface area contributed by atoms with Gasteiger partial charge in [-0.15, -0.1) is 0 Å². The molecule has 0 aliphatic carbocycles. The van der Waals surface area contributed by atoms with Crippen LogP contribution in [-0.2, 0) is 6.54 Å². The van der Waals surface area contributed by atoms with E-state index in [2.05, 4.69) is 10.1 Å². The van der Waals surface area contributed by atoms with Gasteiger partial charge in [-0.05, 0) is 18.2 Å². The Morgan fingerprint density at radius 3 is 2.83 bits per heavy atom. The van der Waals surface area contributed by atoms with Crippen LogP contribution >= 0.6 is 11.6 Å². The predicted octanol–water partition coefficient (Wildman–Crippen LogP) is 2.54. The molecular weight excluding hydrogens is 252 g/mol. The highest BCUT2D eigenvalue weighted by atomic mass is 35.5. The van der Waals surface area contributed by atoms with E-state index in [0.717, 1.165) is 5.69 Å². The van der Waals surface area contributed by atoms with E-state index in [1.54, 1.807) is 19.1 Å². The minimum absolute atomic E-state index is 0.436. The van der Waals surface area contributed by atoms with Gasteiger partial charge in [0.25, 0.3) is 0 Å². The van der Waals surface area contributed by atoms with Gasteiger partial charge in [-0.25, -0.2) is 0 Å². The maximum Gasteiger partial charge on any atom is 0.223 e. The highest BCUT2D eigenvalue weighted by Gasteiger charge is 2.09. The topological polar surface area (TPSA) is 66.0 Å². The van der Waals surface area contributed by atoms with Gasteiger partial charge in [0.15, 0.2) is 5.82 Å². The van der Waals surface area contributed by atoms with E-state index >= 15 is 0 Å². The number of hydrogen-bond donors (Lipinski definition) is 0. The van der Waals surface area contributed by atoms with Gasteiger partial charge in [-0.1, -0.05) is 16.8 Å². The Bertz CT molecular complexity index is 602. The van der Waals surface area contributed by atoms with Gasteiger partial charge in [0.1, 0.15) is 6.07 Å². The second-order valence-electron chi connectivity index (χ2n) is 3.86. The summed E-state index contributed by atoms with van der Waals surface area (Å²) in [5, 5.41) is 13.1. The molecule has 5 nitrogen and oxygen atoms in total. The zero-order valence-electron chi connectivity index (χ0n) is 10.0. The minimum Gasteiger partial charge on any atom is -0.367 e. The number of nitriles is 1. The molecule has 0 aliphatic rings. The van der Waals surface area contributed by atoms with E-state index in [-0.39, 0.29) is 0 Å². The van der Waals surface area contributed by atoms with Gasteiger partial charge in [0.05, 0.1) is 17.1 Å². The molecule has 1 heterocycles. The largest absolute Gasteiger partial charge is 0.367 e. The highest BCUT2D eigenvalue weighted by molar-refractivity contribution is 6.32. The number of benzene rings is 1. The molecule has 0 fully saturated rings. The number of hydrogen-bond acceptors (Lipinski definition) is 5. The summed E-state index contributed by atoms with van der Waals surface area (Å²) in [7, 11) is 1.89. The molecule has 2 aromatic rings. The van der Waals surface area contributed by atoms with Crippen molar-refractivity contribution in [2.75, 3.05) is 11.9 Å². The second kappa shape index (κ2) is 5.07. The molecule has 6 heteroatoms. The summed E-state index contributed by atoms with van der Waals surface area (Å²) in [5.74, 6) is 1.15. The molecule has 0 atom stereocenters. The number of nitrogens with zero attached hydrogens (tertiary/aromatic N) is 4. The van der Waals surface area contributed by atoms with Crippen molar-refractivity contribution >= 4 is 17.3 Å². The average molecular weight is 263 g/mol. The van der Waals surface area contributed by atoms with E-state index in [9.17, 15) is 0 Å². The molecule has 0 unspecified atom stereocenters. The zero-order valence-corrected chi connectivity index (χ0v) is 10.8. The molecule has 92 valence electrons. The summed E-state index contributed by atoms with van der Waals surface area (Å²) in [5.41, 5.74) is 1.35. The predicted molar refractivity (Wildman–Crippen MR) is 67.3 cm³/mol. The first-order valence-electron chi connectivity index (χ1n) is 5.30. The maximum absolute atomic E-state index is 8.81. The number of rotatable bonds is 3. The van der Waals surface area contributed by atoms with Crippen LogP contribution in [0.1, 0.15) is 17.3 Å². The number of aromatic nitrogens is 2. The number of halogens is 1. The van der Waals surface area contributed by atoms with Crippen LogP contribution in [0.25, 0.3) is 0 Å². The lowest BCUT2D eigenvalue weighted by Crippen LogP contribution is -2.17. The van der Waals surface area contributed by atoms with Gasteiger partial charge in [0.2, 0.25) is 5.89 Å². The van der Waals surface area contributed by atoms with E-state index < -0.39 is 0 Å². The van der Waals surface area contributed by atoms with Crippen LogP contribution in [0.15, 0.2) is 22.7 Å². The van der Waals surface area contributed by atoms with E-state index in [4.69, 9.17) is 21.4 Å². The summed E-state index contributed by atoms with van der Waals surface area (Å²) >= 11 is 5.98. The van der Waals surface area contributed by atoms with E-state index in [0.29, 0.717) is 28.8 Å². The summed E-state index contributed by atoms with van der Waals surface area (Å²) in [6, 6.07) is 7.29. The Hall–Kier alpha value is -2.06. The van der Waals surface area contributed by atoms with Gasteiger partial charge in [0, 0.05) is 19.7 Å². The van der Waals surface area contributed by atoms with Crippen LogP contribution in [0.3, 0.4) is 0 Å². The molecule has 0 radical (unpaired) electrons. The minimum atomic E-state index is 0.436. The third kappa shape index (κ3) is 2.60. The summed E-state index contributed by atoms with van der Waals surface area (Å²) < 4.78 is 4.90. The van der Waals surface area contributed by atoms with Gasteiger partial charge < -0.3 is 9.42 Å². The summed E-state index contributed by atoms with van der Waals surface area (Å²) in [6.07, 6.45) is 0. The van der Waals surface area contributed by atoms with Crippen molar-refractivity contribution in [1.82, 2.24) is 10.1 Å². The van der Waals surface area contributed by atoms with E-state index in [1.165, 1.54) is 0 Å². The van der Waals surface area contributed by atoms with Crippen LogP contribution in [0.4, 0.5) is 5.69 Å². The molecule has 2 rings (SSSR count). The van der Waals surface area contributed by atoms with Gasteiger partial charge in [-0.2, -0.15) is 10.2 Å². The van der Waals surface area contributed by atoms with Crippen molar-refractivity contribution in [2.45, 2.75) is 13.5 Å². The smallest absolute Gasteiger partial charge is 0.223 e. The molecule has 18 heavy (non-hydrogen) atoms. The number of aryl methyl sites for hydroxylation is 1. The maximum atomic E-state index is 8.81. The third-order valence-corrected chi connectivity index (χ3v) is 2.77. The monoisotopic (exact) mass is 262 g/mol. The van der Waals surface area contributed by atoms with Crippen molar-refractivity contribution in [3.8, 4) is 6.07 Å². The lowest BCUT2D eigenvalue weighted by atomic mass is 10.2. The second-order valence-corrected chi connectivity index (χ2v) is 4.27. The van der Waals surface area contributed by atoms with Crippen LogP contribution < -0.4 is 4.90 Å². The zero-order chi connectivity index (χ0) is 13.1. The normalized spacial score (nSPS) is 10.1. The standard InChI is InChI=1S/C12H11ClN4O/c1-8-15-12(16-18-8)7-17(2)10-4-3-9(6-14)11(13)5-10/h3-5H,7H2,1-2H3. The summed E-state index contributed by atoms with van der Waals surface area (Å²) in [4.78, 5) is 6.06. The number of anilines is 1. The molecule has 1 aromatic heterocycles. The Labute approximate surface area is 110 Å². The van der Waals surface area contributed by atoms with Crippen molar-refractivity contribution in [3.63, 3.8) is 0 Å².